The van der Waals surface area contributed by atoms with Crippen molar-refractivity contribution in [3.8, 4) is 0 Å². The van der Waals surface area contributed by atoms with Gasteiger partial charge in [-0.25, -0.2) is 0 Å². The Bertz CT molecular complexity index is 163. The molecular weight excluding hydrogens is 150 g/mol. The van der Waals surface area contributed by atoms with E-state index in [9.17, 15) is 5.11 Å². The summed E-state index contributed by atoms with van der Waals surface area (Å²) in [5, 5.41) is 9.81. The fourth-order valence-corrected chi connectivity index (χ4v) is 0.473. The zero-order valence-electron chi connectivity index (χ0n) is 9.05. The lowest BCUT2D eigenvalue weighted by Gasteiger charge is -2.24. The minimum Gasteiger partial charge on any atom is -0.384 e. The van der Waals surface area contributed by atoms with E-state index in [0.29, 0.717) is 0 Å². The first kappa shape index (κ1) is 11.6. The van der Waals surface area contributed by atoms with Crippen LogP contribution < -0.4 is 0 Å². The number of aliphatic hydroxyl groups is 1. The van der Waals surface area contributed by atoms with Gasteiger partial charge in [-0.1, -0.05) is 13.8 Å². The molecule has 1 atom stereocenters. The second-order valence-electron chi connectivity index (χ2n) is 4.81. The van der Waals surface area contributed by atoms with Crippen molar-refractivity contribution < 1.29 is 5.11 Å². The first-order chi connectivity index (χ1) is 5.15. The van der Waals surface area contributed by atoms with Gasteiger partial charge in [0.05, 0.1) is 11.1 Å². The molecule has 0 saturated carbocycles. The molecule has 0 aromatic heterocycles. The molecule has 0 aliphatic heterocycles. The SMILES string of the molecule is CC(C)C(C)(O)/C=N/C(C)(C)C. The van der Waals surface area contributed by atoms with E-state index in [0.717, 1.165) is 0 Å². The Morgan fingerprint density at radius 3 is 1.83 bits per heavy atom. The zero-order chi connectivity index (χ0) is 9.99. The van der Waals surface area contributed by atoms with Crippen LogP contribution >= 0.6 is 0 Å². The highest BCUT2D eigenvalue weighted by molar-refractivity contribution is 5.68. The number of nitrogens with zero attached hydrogens (tertiary/aromatic N) is 1. The van der Waals surface area contributed by atoms with Crippen LogP contribution in [0.5, 0.6) is 0 Å². The van der Waals surface area contributed by atoms with Crippen molar-refractivity contribution in [3.63, 3.8) is 0 Å². The average Bonchev–Trinajstić information content (AvgIpc) is 1.82. The largest absolute Gasteiger partial charge is 0.384 e. The van der Waals surface area contributed by atoms with Crippen LogP contribution in [0.1, 0.15) is 41.5 Å². The van der Waals surface area contributed by atoms with Crippen molar-refractivity contribution in [1.29, 1.82) is 0 Å². The van der Waals surface area contributed by atoms with Crippen LogP contribution in [0.4, 0.5) is 0 Å². The summed E-state index contributed by atoms with van der Waals surface area (Å²) >= 11 is 0. The van der Waals surface area contributed by atoms with Gasteiger partial charge in [0.1, 0.15) is 0 Å². The van der Waals surface area contributed by atoms with Crippen molar-refractivity contribution in [1.82, 2.24) is 0 Å². The minimum absolute atomic E-state index is 0.0983. The Hall–Kier alpha value is -0.370. The maximum absolute atomic E-state index is 9.81. The van der Waals surface area contributed by atoms with Gasteiger partial charge in [-0.15, -0.1) is 0 Å². The van der Waals surface area contributed by atoms with Crippen molar-refractivity contribution >= 4 is 6.21 Å². The third kappa shape index (κ3) is 4.50. The topological polar surface area (TPSA) is 32.6 Å². The Morgan fingerprint density at radius 2 is 1.58 bits per heavy atom. The van der Waals surface area contributed by atoms with Crippen LogP contribution in [-0.4, -0.2) is 22.5 Å². The maximum Gasteiger partial charge on any atom is 0.0987 e. The van der Waals surface area contributed by atoms with Crippen LogP contribution in [-0.2, 0) is 0 Å². The number of aliphatic imine (C=N–C) groups is 1. The van der Waals surface area contributed by atoms with Gasteiger partial charge in [0.2, 0.25) is 0 Å². The van der Waals surface area contributed by atoms with Gasteiger partial charge in [-0.3, -0.25) is 4.99 Å². The summed E-state index contributed by atoms with van der Waals surface area (Å²) in [7, 11) is 0. The van der Waals surface area contributed by atoms with Crippen LogP contribution in [0, 0.1) is 5.92 Å². The standard InChI is InChI=1S/C10H21NO/c1-8(2)10(6,12)7-11-9(3,4)5/h7-8,12H,1-6H3/b11-7+. The minimum atomic E-state index is -0.784. The van der Waals surface area contributed by atoms with E-state index >= 15 is 0 Å². The first-order valence-electron chi connectivity index (χ1n) is 4.44. The van der Waals surface area contributed by atoms with Gasteiger partial charge < -0.3 is 5.11 Å². The maximum atomic E-state index is 9.81. The quantitative estimate of drug-likeness (QED) is 0.635. The lowest BCUT2D eigenvalue weighted by Crippen LogP contribution is -2.33. The third-order valence-corrected chi connectivity index (χ3v) is 1.88. The summed E-state index contributed by atoms with van der Waals surface area (Å²) < 4.78 is 0. The highest BCUT2D eigenvalue weighted by atomic mass is 16.3. The molecule has 0 bridgehead atoms. The van der Waals surface area contributed by atoms with Crippen molar-refractivity contribution in [2.45, 2.75) is 52.7 Å². The van der Waals surface area contributed by atoms with Gasteiger partial charge >= 0.3 is 0 Å². The fourth-order valence-electron chi connectivity index (χ4n) is 0.473. The molecule has 0 aromatic carbocycles. The molecule has 0 fully saturated rings. The molecule has 0 saturated heterocycles. The Labute approximate surface area is 75.7 Å². The van der Waals surface area contributed by atoms with Crippen LogP contribution in [0.3, 0.4) is 0 Å². The normalized spacial score (nSPS) is 18.7. The molecule has 0 spiro atoms. The van der Waals surface area contributed by atoms with E-state index < -0.39 is 5.60 Å². The van der Waals surface area contributed by atoms with Crippen molar-refractivity contribution in [2.75, 3.05) is 0 Å². The molecule has 2 nitrogen and oxygen atoms in total. The summed E-state index contributed by atoms with van der Waals surface area (Å²) in [4.78, 5) is 4.27. The molecule has 2 heteroatoms. The number of hydrogen-bond acceptors (Lipinski definition) is 2. The van der Waals surface area contributed by atoms with Gasteiger partial charge in [0.25, 0.3) is 0 Å². The Kier molecular flexibility index (Phi) is 3.45. The Morgan fingerprint density at radius 1 is 1.17 bits per heavy atom. The van der Waals surface area contributed by atoms with Crippen LogP contribution in [0.25, 0.3) is 0 Å². The van der Waals surface area contributed by atoms with Gasteiger partial charge in [0, 0.05) is 6.21 Å². The summed E-state index contributed by atoms with van der Waals surface area (Å²) in [5.74, 6) is 0.198. The molecule has 0 rings (SSSR count). The predicted molar refractivity (Wildman–Crippen MR) is 53.7 cm³/mol. The summed E-state index contributed by atoms with van der Waals surface area (Å²) in [6, 6.07) is 0. The molecule has 0 aliphatic carbocycles. The molecule has 0 aromatic rings. The molecule has 0 heterocycles. The van der Waals surface area contributed by atoms with Crippen LogP contribution in [0.15, 0.2) is 4.99 Å². The number of hydrogen-bond donors (Lipinski definition) is 1. The summed E-state index contributed by atoms with van der Waals surface area (Å²) in [5.41, 5.74) is -0.883. The van der Waals surface area contributed by atoms with E-state index in [1.54, 1.807) is 13.1 Å². The van der Waals surface area contributed by atoms with E-state index in [1.807, 2.05) is 34.6 Å². The van der Waals surface area contributed by atoms with Crippen LogP contribution in [0.2, 0.25) is 0 Å². The molecule has 0 amide bonds. The second kappa shape index (κ2) is 3.56. The lowest BCUT2D eigenvalue weighted by atomic mass is 9.94. The second-order valence-corrected chi connectivity index (χ2v) is 4.81. The molecule has 12 heavy (non-hydrogen) atoms. The summed E-state index contributed by atoms with van der Waals surface area (Å²) in [6.07, 6.45) is 1.65. The monoisotopic (exact) mass is 171 g/mol. The zero-order valence-corrected chi connectivity index (χ0v) is 9.05. The van der Waals surface area contributed by atoms with Gasteiger partial charge in [-0.05, 0) is 33.6 Å². The fraction of sp³-hybridized carbons (Fsp3) is 0.900. The van der Waals surface area contributed by atoms with Crippen molar-refractivity contribution in [2.24, 2.45) is 10.9 Å². The van der Waals surface area contributed by atoms with E-state index in [4.69, 9.17) is 0 Å². The highest BCUT2D eigenvalue weighted by Gasteiger charge is 2.22. The van der Waals surface area contributed by atoms with Gasteiger partial charge in [0.15, 0.2) is 0 Å². The molecule has 1 N–H and O–H groups in total. The molecule has 0 aliphatic rings. The van der Waals surface area contributed by atoms with Crippen molar-refractivity contribution in [3.05, 3.63) is 0 Å². The Balaban J connectivity index is 4.34. The average molecular weight is 171 g/mol. The first-order valence-corrected chi connectivity index (χ1v) is 4.44. The number of rotatable bonds is 2. The van der Waals surface area contributed by atoms with E-state index in [-0.39, 0.29) is 11.5 Å². The summed E-state index contributed by atoms with van der Waals surface area (Å²) in [6.45, 7) is 11.8. The third-order valence-electron chi connectivity index (χ3n) is 1.88. The molecule has 0 radical (unpaired) electrons. The molecular formula is C10H21NO. The predicted octanol–water partition coefficient (Wildman–Crippen LogP) is 2.26. The van der Waals surface area contributed by atoms with E-state index in [2.05, 4.69) is 4.99 Å². The van der Waals surface area contributed by atoms with Gasteiger partial charge in [-0.2, -0.15) is 0 Å². The smallest absolute Gasteiger partial charge is 0.0987 e. The molecule has 72 valence electrons. The highest BCUT2D eigenvalue weighted by Crippen LogP contribution is 2.15. The lowest BCUT2D eigenvalue weighted by molar-refractivity contribution is 0.0872. The van der Waals surface area contributed by atoms with E-state index in [1.165, 1.54) is 0 Å². The molecule has 1 unspecified atom stereocenters.